The van der Waals surface area contributed by atoms with Gasteiger partial charge in [0.25, 0.3) is 5.91 Å². The largest absolute Gasteiger partial charge is 0.374 e. The first-order valence-corrected chi connectivity index (χ1v) is 18.1. The van der Waals surface area contributed by atoms with Gasteiger partial charge in [0.2, 0.25) is 11.8 Å². The number of hydrogen-bond acceptors (Lipinski definition) is 8. The normalized spacial score (nSPS) is 20.2. The number of halogens is 2. The van der Waals surface area contributed by atoms with E-state index in [-0.39, 0.29) is 29.8 Å². The molecule has 5 heterocycles. The summed E-state index contributed by atoms with van der Waals surface area (Å²) >= 11 is 0. The number of aromatic nitrogens is 3. The number of benzene rings is 2. The average Bonchev–Trinajstić information content (AvgIpc) is 3.80. The topological polar surface area (TPSA) is 124 Å². The molecule has 2 aromatic heterocycles. The Morgan fingerprint density at radius 3 is 2.57 bits per heavy atom. The molecule has 3 saturated heterocycles. The molecular weight excluding hydrogens is 654 g/mol. The second-order valence-corrected chi connectivity index (χ2v) is 13.8. The number of carbonyl (C=O) groups excluding carboxylic acids is 3. The lowest BCUT2D eigenvalue weighted by Crippen LogP contribution is -2.47. The molecule has 1 unspecified atom stereocenters. The van der Waals surface area contributed by atoms with Gasteiger partial charge in [0.05, 0.1) is 12.2 Å². The Morgan fingerprint density at radius 1 is 0.941 bits per heavy atom. The third kappa shape index (κ3) is 8.03. The van der Waals surface area contributed by atoms with Crippen LogP contribution in [-0.2, 0) is 9.59 Å². The molecule has 0 radical (unpaired) electrons. The number of unbranched alkanes of at least 4 members (excludes halogenated alkanes) is 2. The highest BCUT2D eigenvalue weighted by atomic mass is 19.1. The fraction of sp³-hybridized carbons (Fsp3) is 0.447. The minimum atomic E-state index is -0.472. The van der Waals surface area contributed by atoms with Crippen LogP contribution in [-0.4, -0.2) is 76.0 Å². The van der Waals surface area contributed by atoms with E-state index < -0.39 is 11.6 Å². The molecule has 2 atom stereocenters. The maximum absolute atomic E-state index is 14.6. The lowest BCUT2D eigenvalue weighted by Gasteiger charge is -2.32. The molecule has 13 heteroatoms. The molecule has 268 valence electrons. The molecule has 3 aliphatic heterocycles. The van der Waals surface area contributed by atoms with Crippen LogP contribution >= 0.6 is 0 Å². The van der Waals surface area contributed by atoms with E-state index in [0.717, 1.165) is 76.0 Å². The number of imide groups is 1. The van der Waals surface area contributed by atoms with Gasteiger partial charge < -0.3 is 20.4 Å². The van der Waals surface area contributed by atoms with E-state index in [1.165, 1.54) is 17.8 Å². The minimum absolute atomic E-state index is 0.212. The number of amides is 3. The van der Waals surface area contributed by atoms with Crippen molar-refractivity contribution in [3.05, 3.63) is 89.2 Å². The van der Waals surface area contributed by atoms with Crippen LogP contribution in [0.2, 0.25) is 0 Å². The zero-order valence-corrected chi connectivity index (χ0v) is 28.6. The summed E-state index contributed by atoms with van der Waals surface area (Å²) in [5.41, 5.74) is 3.33. The highest BCUT2D eigenvalue weighted by molar-refractivity contribution is 6.01. The van der Waals surface area contributed by atoms with Crippen LogP contribution in [0.1, 0.15) is 91.2 Å². The average molecular weight is 699 g/mol. The van der Waals surface area contributed by atoms with Gasteiger partial charge in [-0.15, -0.1) is 0 Å². The Hall–Kier alpha value is -4.91. The predicted molar refractivity (Wildman–Crippen MR) is 190 cm³/mol. The Balaban J connectivity index is 0.828. The molecule has 3 amide bonds. The Labute approximate surface area is 295 Å². The Morgan fingerprint density at radius 2 is 1.76 bits per heavy atom. The zero-order valence-electron chi connectivity index (χ0n) is 28.6. The maximum atomic E-state index is 14.6. The van der Waals surface area contributed by atoms with Gasteiger partial charge in [0.15, 0.2) is 5.65 Å². The summed E-state index contributed by atoms with van der Waals surface area (Å²) < 4.78 is 30.1. The molecule has 2 aromatic carbocycles. The second kappa shape index (κ2) is 15.5. The van der Waals surface area contributed by atoms with Crippen molar-refractivity contribution in [2.24, 2.45) is 0 Å². The van der Waals surface area contributed by atoms with Crippen LogP contribution in [0.3, 0.4) is 0 Å². The van der Waals surface area contributed by atoms with Crippen molar-refractivity contribution < 1.29 is 23.2 Å². The molecule has 51 heavy (non-hydrogen) atoms. The molecule has 11 nitrogen and oxygen atoms in total. The molecule has 4 aromatic rings. The van der Waals surface area contributed by atoms with Crippen LogP contribution in [0.25, 0.3) is 5.65 Å². The predicted octanol–water partition coefficient (Wildman–Crippen LogP) is 5.35. The van der Waals surface area contributed by atoms with Crippen molar-refractivity contribution in [2.75, 3.05) is 42.9 Å². The first kappa shape index (κ1) is 34.5. The number of hydrogen-bond donors (Lipinski definition) is 3. The summed E-state index contributed by atoms with van der Waals surface area (Å²) in [7, 11) is 0. The third-order valence-electron chi connectivity index (χ3n) is 10.4. The summed E-state index contributed by atoms with van der Waals surface area (Å²) in [5.74, 6) is -0.502. The summed E-state index contributed by atoms with van der Waals surface area (Å²) in [6, 6.07) is 13.0. The van der Waals surface area contributed by atoms with Gasteiger partial charge in [-0.3, -0.25) is 19.7 Å². The molecule has 3 aliphatic rings. The van der Waals surface area contributed by atoms with E-state index in [0.29, 0.717) is 60.9 Å². The van der Waals surface area contributed by atoms with Gasteiger partial charge in [-0.25, -0.2) is 18.3 Å². The van der Waals surface area contributed by atoms with Crippen LogP contribution < -0.4 is 20.9 Å². The summed E-state index contributed by atoms with van der Waals surface area (Å²) in [5, 5.41) is 13.0. The van der Waals surface area contributed by atoms with Crippen LogP contribution in [0.5, 0.6) is 0 Å². The fourth-order valence-corrected chi connectivity index (χ4v) is 7.62. The van der Waals surface area contributed by atoms with E-state index in [9.17, 15) is 23.2 Å². The summed E-state index contributed by atoms with van der Waals surface area (Å²) in [6.07, 6.45) is 10.8. The van der Waals surface area contributed by atoms with Gasteiger partial charge >= 0.3 is 0 Å². The van der Waals surface area contributed by atoms with Crippen molar-refractivity contribution >= 4 is 34.9 Å². The van der Waals surface area contributed by atoms with Gasteiger partial charge in [0.1, 0.15) is 29.1 Å². The summed E-state index contributed by atoms with van der Waals surface area (Å²) in [6.45, 7) is 4.35. The maximum Gasteiger partial charge on any atom is 0.256 e. The van der Waals surface area contributed by atoms with E-state index in [1.54, 1.807) is 16.8 Å². The SMILES string of the molecule is O=C1CCC(Nc2ccc(C3CCN(CCCCCNC(=O)c4cnn5ccc(N6CCC[C@@H]6c6cc(F)ccc6F)nc45)CC3)cc2)C(=O)N1. The summed E-state index contributed by atoms with van der Waals surface area (Å²) in [4.78, 5) is 45.8. The Bertz CT molecular complexity index is 1870. The zero-order chi connectivity index (χ0) is 35.3. The molecule has 3 fully saturated rings. The molecule has 0 spiro atoms. The quantitative estimate of drug-likeness (QED) is 0.134. The van der Waals surface area contributed by atoms with Crippen molar-refractivity contribution in [3.8, 4) is 0 Å². The number of piperidine rings is 2. The standard InChI is InChI=1S/C38H44F2N8O3/c39-27-8-11-31(40)29(23-27)33-5-4-19-47(33)34-16-22-48-36(44-34)30(24-42-48)37(50)41-17-2-1-3-18-46-20-14-26(15-21-46)25-6-9-28(10-7-25)43-32-12-13-35(49)45-38(32)51/h6-11,16,22-24,26,32-33,43H,1-5,12-15,17-21H2,(H,41,50)(H,45,49,51)/t32?,33-/m1/s1. The monoisotopic (exact) mass is 698 g/mol. The first-order valence-electron chi connectivity index (χ1n) is 18.1. The number of nitrogens with zero attached hydrogens (tertiary/aromatic N) is 5. The highest BCUT2D eigenvalue weighted by Crippen LogP contribution is 2.37. The third-order valence-corrected chi connectivity index (χ3v) is 10.4. The number of likely N-dealkylation sites (tertiary alicyclic amines) is 1. The molecule has 0 aliphatic carbocycles. The number of rotatable bonds is 12. The van der Waals surface area contributed by atoms with Crippen molar-refractivity contribution in [2.45, 2.75) is 75.8 Å². The first-order chi connectivity index (χ1) is 24.8. The van der Waals surface area contributed by atoms with Crippen LogP contribution in [0.15, 0.2) is 60.9 Å². The van der Waals surface area contributed by atoms with Crippen molar-refractivity contribution in [1.29, 1.82) is 0 Å². The second-order valence-electron chi connectivity index (χ2n) is 13.8. The number of anilines is 2. The minimum Gasteiger partial charge on any atom is -0.374 e. The smallest absolute Gasteiger partial charge is 0.256 e. The van der Waals surface area contributed by atoms with Crippen LogP contribution in [0.4, 0.5) is 20.3 Å². The molecular formula is C38H44F2N8O3. The fourth-order valence-electron chi connectivity index (χ4n) is 7.62. The lowest BCUT2D eigenvalue weighted by atomic mass is 9.89. The van der Waals surface area contributed by atoms with Gasteiger partial charge in [0, 0.05) is 37.0 Å². The Kier molecular flexibility index (Phi) is 10.5. The van der Waals surface area contributed by atoms with Crippen LogP contribution in [0, 0.1) is 11.6 Å². The highest BCUT2D eigenvalue weighted by Gasteiger charge is 2.31. The molecule has 3 N–H and O–H groups in total. The van der Waals surface area contributed by atoms with Crippen molar-refractivity contribution in [3.63, 3.8) is 0 Å². The van der Waals surface area contributed by atoms with Gasteiger partial charge in [-0.1, -0.05) is 18.6 Å². The van der Waals surface area contributed by atoms with Gasteiger partial charge in [-0.05, 0) is 112 Å². The molecule has 0 bridgehead atoms. The van der Waals surface area contributed by atoms with E-state index in [4.69, 9.17) is 4.98 Å². The van der Waals surface area contributed by atoms with E-state index in [1.807, 2.05) is 17.0 Å². The van der Waals surface area contributed by atoms with E-state index in [2.05, 4.69) is 38.1 Å². The number of fused-ring (bicyclic) bond motifs is 1. The van der Waals surface area contributed by atoms with Gasteiger partial charge in [-0.2, -0.15) is 5.10 Å². The number of carbonyl (C=O) groups is 3. The molecule has 7 rings (SSSR count). The number of nitrogens with one attached hydrogen (secondary N) is 3. The lowest BCUT2D eigenvalue weighted by molar-refractivity contribution is -0.133. The van der Waals surface area contributed by atoms with E-state index >= 15 is 0 Å². The van der Waals surface area contributed by atoms with Crippen molar-refractivity contribution in [1.82, 2.24) is 30.1 Å². The molecule has 0 saturated carbocycles.